The van der Waals surface area contributed by atoms with E-state index in [1.807, 2.05) is 6.26 Å². The molecule has 0 radical (unpaired) electrons. The van der Waals surface area contributed by atoms with Gasteiger partial charge >= 0.3 is 0 Å². The highest BCUT2D eigenvalue weighted by atomic mass is 32.2. The molecule has 0 aliphatic carbocycles. The number of halogens is 2. The van der Waals surface area contributed by atoms with Gasteiger partial charge in [0.1, 0.15) is 17.7 Å². The summed E-state index contributed by atoms with van der Waals surface area (Å²) in [4.78, 5) is 4.41. The fraction of sp³-hybridized carbons (Fsp3) is 0.133. The molecular weight excluding hydrogens is 278 g/mol. The van der Waals surface area contributed by atoms with Gasteiger partial charge in [-0.05, 0) is 41.6 Å². The highest BCUT2D eigenvalue weighted by Crippen LogP contribution is 2.27. The maximum Gasteiger partial charge on any atom is 0.154 e. The molecule has 5 heteroatoms. The Hall–Kier alpha value is -1.88. The summed E-state index contributed by atoms with van der Waals surface area (Å²) in [6, 6.07) is 11.7. The second-order valence-corrected chi connectivity index (χ2v) is 5.00. The molecule has 0 aliphatic rings. The molecule has 2 rings (SSSR count). The van der Waals surface area contributed by atoms with Crippen LogP contribution >= 0.6 is 11.8 Å². The minimum absolute atomic E-state index is 0.312. The number of benzene rings is 2. The van der Waals surface area contributed by atoms with Crippen LogP contribution in [0.4, 0.5) is 8.78 Å². The quantitative estimate of drug-likeness (QED) is 0.691. The van der Waals surface area contributed by atoms with Crippen LogP contribution in [0.15, 0.2) is 53.5 Å². The summed E-state index contributed by atoms with van der Waals surface area (Å²) in [5.41, 5.74) is 7.38. The Morgan fingerprint density at radius 2 is 1.35 bits per heavy atom. The van der Waals surface area contributed by atoms with Crippen LogP contribution in [0.2, 0.25) is 0 Å². The second-order valence-electron chi connectivity index (χ2n) is 4.18. The molecule has 0 saturated heterocycles. The first kappa shape index (κ1) is 14.5. The van der Waals surface area contributed by atoms with Crippen LogP contribution in [0.5, 0.6) is 0 Å². The maximum absolute atomic E-state index is 13.0. The molecule has 0 heterocycles. The third-order valence-electron chi connectivity index (χ3n) is 2.84. The first-order valence-electron chi connectivity index (χ1n) is 5.98. The molecule has 104 valence electrons. The average Bonchev–Trinajstić information content (AvgIpc) is 2.46. The summed E-state index contributed by atoms with van der Waals surface area (Å²) < 4.78 is 26.0. The molecule has 2 nitrogen and oxygen atoms in total. The van der Waals surface area contributed by atoms with Gasteiger partial charge in [-0.15, -0.1) is 0 Å². The van der Waals surface area contributed by atoms with E-state index in [0.29, 0.717) is 5.17 Å². The Morgan fingerprint density at radius 3 is 1.70 bits per heavy atom. The van der Waals surface area contributed by atoms with E-state index in [0.717, 1.165) is 11.1 Å². The molecular formula is C15H14F2N2S. The first-order valence-corrected chi connectivity index (χ1v) is 7.21. The molecule has 0 spiro atoms. The van der Waals surface area contributed by atoms with Gasteiger partial charge in [-0.1, -0.05) is 36.0 Å². The lowest BCUT2D eigenvalue weighted by molar-refractivity contribution is 0.625. The summed E-state index contributed by atoms with van der Waals surface area (Å²) in [6.07, 6.45) is 1.82. The zero-order valence-corrected chi connectivity index (χ0v) is 11.7. The van der Waals surface area contributed by atoms with Gasteiger partial charge in [0.25, 0.3) is 0 Å². The molecule has 0 unspecified atom stereocenters. The number of amidine groups is 1. The van der Waals surface area contributed by atoms with Crippen molar-refractivity contribution in [2.45, 2.75) is 6.04 Å². The lowest BCUT2D eigenvalue weighted by Gasteiger charge is -2.14. The molecule has 0 amide bonds. The summed E-state index contributed by atoms with van der Waals surface area (Å²) >= 11 is 1.33. The molecule has 0 atom stereocenters. The summed E-state index contributed by atoms with van der Waals surface area (Å²) in [5.74, 6) is -0.623. The Kier molecular flexibility index (Phi) is 4.74. The molecule has 2 aromatic carbocycles. The smallest absolute Gasteiger partial charge is 0.154 e. The van der Waals surface area contributed by atoms with Crippen molar-refractivity contribution in [1.29, 1.82) is 0 Å². The van der Waals surface area contributed by atoms with Crippen molar-refractivity contribution in [3.05, 3.63) is 71.3 Å². The van der Waals surface area contributed by atoms with E-state index in [2.05, 4.69) is 4.99 Å². The monoisotopic (exact) mass is 292 g/mol. The first-order chi connectivity index (χ1) is 9.60. The summed E-state index contributed by atoms with van der Waals surface area (Å²) in [7, 11) is 0. The number of rotatable bonds is 3. The van der Waals surface area contributed by atoms with Crippen LogP contribution in [0, 0.1) is 11.6 Å². The number of aliphatic imine (C=N–C) groups is 1. The van der Waals surface area contributed by atoms with Gasteiger partial charge in [-0.25, -0.2) is 13.8 Å². The van der Waals surface area contributed by atoms with Gasteiger partial charge in [0.2, 0.25) is 0 Å². The van der Waals surface area contributed by atoms with Gasteiger partial charge < -0.3 is 5.73 Å². The standard InChI is InChI=1S/C15H14F2N2S/c1-20-15(18)19-14(10-2-6-12(16)7-3-10)11-4-8-13(17)9-5-11/h2-9,14H,1H3,(H2,18,19). The maximum atomic E-state index is 13.0. The van der Waals surface area contributed by atoms with E-state index in [9.17, 15) is 8.78 Å². The van der Waals surface area contributed by atoms with E-state index < -0.39 is 0 Å². The van der Waals surface area contributed by atoms with Gasteiger partial charge in [0, 0.05) is 0 Å². The zero-order valence-electron chi connectivity index (χ0n) is 10.9. The Morgan fingerprint density at radius 1 is 0.950 bits per heavy atom. The molecule has 20 heavy (non-hydrogen) atoms. The number of hydrogen-bond acceptors (Lipinski definition) is 2. The lowest BCUT2D eigenvalue weighted by atomic mass is 9.99. The van der Waals surface area contributed by atoms with Crippen molar-refractivity contribution in [1.82, 2.24) is 0 Å². The van der Waals surface area contributed by atoms with Crippen molar-refractivity contribution < 1.29 is 8.78 Å². The fourth-order valence-electron chi connectivity index (χ4n) is 1.81. The normalized spacial score (nSPS) is 11.9. The molecule has 0 aliphatic heterocycles. The zero-order chi connectivity index (χ0) is 14.5. The van der Waals surface area contributed by atoms with Crippen molar-refractivity contribution in [3.63, 3.8) is 0 Å². The van der Waals surface area contributed by atoms with E-state index in [-0.39, 0.29) is 17.7 Å². The van der Waals surface area contributed by atoms with Crippen molar-refractivity contribution in [3.8, 4) is 0 Å². The average molecular weight is 292 g/mol. The van der Waals surface area contributed by atoms with Crippen LogP contribution in [0.1, 0.15) is 17.2 Å². The summed E-state index contributed by atoms with van der Waals surface area (Å²) in [6.45, 7) is 0. The minimum Gasteiger partial charge on any atom is -0.379 e. The van der Waals surface area contributed by atoms with E-state index in [4.69, 9.17) is 5.73 Å². The molecule has 0 saturated carbocycles. The van der Waals surface area contributed by atoms with E-state index >= 15 is 0 Å². The predicted octanol–water partition coefficient (Wildman–Crippen LogP) is 3.73. The van der Waals surface area contributed by atoms with E-state index in [1.54, 1.807) is 24.3 Å². The number of nitrogens with two attached hydrogens (primary N) is 1. The molecule has 2 N–H and O–H groups in total. The molecule has 0 aromatic heterocycles. The number of hydrogen-bond donors (Lipinski definition) is 1. The molecule has 0 bridgehead atoms. The van der Waals surface area contributed by atoms with Crippen LogP contribution < -0.4 is 5.73 Å². The Balaban J connectivity index is 2.44. The third kappa shape index (κ3) is 3.57. The minimum atomic E-state index is -0.372. The topological polar surface area (TPSA) is 38.4 Å². The number of thioether (sulfide) groups is 1. The molecule has 2 aromatic rings. The van der Waals surface area contributed by atoms with Gasteiger partial charge in [-0.3, -0.25) is 0 Å². The third-order valence-corrected chi connectivity index (χ3v) is 3.36. The fourth-order valence-corrected chi connectivity index (χ4v) is 2.02. The van der Waals surface area contributed by atoms with Crippen LogP contribution in [-0.2, 0) is 0 Å². The van der Waals surface area contributed by atoms with Crippen molar-refractivity contribution >= 4 is 16.9 Å². The van der Waals surface area contributed by atoms with Gasteiger partial charge in [0.05, 0.1) is 0 Å². The predicted molar refractivity (Wildman–Crippen MR) is 79.8 cm³/mol. The Labute approximate surface area is 120 Å². The van der Waals surface area contributed by atoms with E-state index in [1.165, 1.54) is 36.0 Å². The largest absolute Gasteiger partial charge is 0.379 e. The second kappa shape index (κ2) is 6.52. The molecule has 0 fully saturated rings. The van der Waals surface area contributed by atoms with Crippen molar-refractivity contribution in [2.75, 3.05) is 6.26 Å². The van der Waals surface area contributed by atoms with Crippen molar-refractivity contribution in [2.24, 2.45) is 10.7 Å². The van der Waals surface area contributed by atoms with Gasteiger partial charge in [-0.2, -0.15) is 0 Å². The highest BCUT2D eigenvalue weighted by molar-refractivity contribution is 8.13. The highest BCUT2D eigenvalue weighted by Gasteiger charge is 2.14. The number of nitrogens with zero attached hydrogens (tertiary/aromatic N) is 1. The van der Waals surface area contributed by atoms with Crippen LogP contribution in [-0.4, -0.2) is 11.4 Å². The SMILES string of the molecule is CSC(N)=NC(c1ccc(F)cc1)c1ccc(F)cc1. The van der Waals surface area contributed by atoms with Gasteiger partial charge in [0.15, 0.2) is 5.17 Å². The summed E-state index contributed by atoms with van der Waals surface area (Å²) in [5, 5.41) is 0.420. The Bertz CT molecular complexity index is 549. The van der Waals surface area contributed by atoms with Crippen LogP contribution in [0.25, 0.3) is 0 Å². The van der Waals surface area contributed by atoms with Crippen LogP contribution in [0.3, 0.4) is 0 Å². The lowest BCUT2D eigenvalue weighted by Crippen LogP contribution is -2.10.